The number of aromatic nitrogens is 1. The lowest BCUT2D eigenvalue weighted by atomic mass is 10.0. The van der Waals surface area contributed by atoms with Crippen LogP contribution in [0, 0.1) is 6.92 Å². The lowest BCUT2D eigenvalue weighted by Crippen LogP contribution is -2.50. The van der Waals surface area contributed by atoms with Crippen LogP contribution in [0.15, 0.2) is 5.38 Å². The molecule has 102 valence electrons. The van der Waals surface area contributed by atoms with Crippen molar-refractivity contribution in [1.82, 2.24) is 15.6 Å². The molecular formula is C13H23N3OS. The van der Waals surface area contributed by atoms with Gasteiger partial charge in [-0.15, -0.1) is 11.3 Å². The number of nitrogens with one attached hydrogen (secondary N) is 2. The van der Waals surface area contributed by atoms with E-state index < -0.39 is 0 Å². The van der Waals surface area contributed by atoms with E-state index in [9.17, 15) is 4.79 Å². The van der Waals surface area contributed by atoms with Gasteiger partial charge in [0.25, 0.3) is 0 Å². The molecule has 0 saturated heterocycles. The van der Waals surface area contributed by atoms with E-state index in [-0.39, 0.29) is 17.5 Å². The molecular weight excluding hydrogens is 246 g/mol. The van der Waals surface area contributed by atoms with Crippen LogP contribution >= 0.6 is 11.3 Å². The molecule has 0 fully saturated rings. The lowest BCUT2D eigenvalue weighted by molar-refractivity contribution is -0.124. The summed E-state index contributed by atoms with van der Waals surface area (Å²) >= 11 is 1.62. The number of thiazole rings is 1. The first-order chi connectivity index (χ1) is 8.34. The summed E-state index contributed by atoms with van der Waals surface area (Å²) in [6.45, 7) is 10.6. The van der Waals surface area contributed by atoms with Gasteiger partial charge in [0.15, 0.2) is 0 Å². The normalized spacial score (nSPS) is 13.4. The van der Waals surface area contributed by atoms with Crippen molar-refractivity contribution in [3.05, 3.63) is 16.1 Å². The third-order valence-corrected chi connectivity index (χ3v) is 3.93. The molecule has 1 rings (SSSR count). The molecule has 0 aliphatic heterocycles. The maximum absolute atomic E-state index is 12.0. The third-order valence-electron chi connectivity index (χ3n) is 2.96. The molecule has 0 aliphatic rings. The van der Waals surface area contributed by atoms with Gasteiger partial charge in [-0.2, -0.15) is 0 Å². The zero-order valence-corrected chi connectivity index (χ0v) is 12.6. The van der Waals surface area contributed by atoms with Gasteiger partial charge in [0.2, 0.25) is 5.91 Å². The van der Waals surface area contributed by atoms with Crippen LogP contribution in [-0.2, 0) is 11.3 Å². The molecule has 1 heterocycles. The Morgan fingerprint density at radius 2 is 2.22 bits per heavy atom. The summed E-state index contributed by atoms with van der Waals surface area (Å²) in [4.78, 5) is 16.3. The quantitative estimate of drug-likeness (QED) is 0.832. The number of amides is 1. The first-order valence-corrected chi connectivity index (χ1v) is 7.18. The van der Waals surface area contributed by atoms with E-state index in [1.807, 2.05) is 33.1 Å². The van der Waals surface area contributed by atoms with Crippen molar-refractivity contribution in [3.8, 4) is 0 Å². The maximum Gasteiger partial charge on any atom is 0.237 e. The molecule has 1 aromatic rings. The Morgan fingerprint density at radius 1 is 1.56 bits per heavy atom. The van der Waals surface area contributed by atoms with Crippen molar-refractivity contribution >= 4 is 17.2 Å². The van der Waals surface area contributed by atoms with Gasteiger partial charge in [-0.05, 0) is 34.1 Å². The Balaban J connectivity index is 2.41. The van der Waals surface area contributed by atoms with E-state index in [0.717, 1.165) is 17.1 Å². The number of rotatable bonds is 6. The third kappa shape index (κ3) is 4.74. The van der Waals surface area contributed by atoms with Crippen LogP contribution in [-0.4, -0.2) is 22.5 Å². The van der Waals surface area contributed by atoms with Crippen molar-refractivity contribution in [3.63, 3.8) is 0 Å². The predicted octanol–water partition coefficient (Wildman–Crippen LogP) is 2.23. The molecule has 1 unspecified atom stereocenters. The van der Waals surface area contributed by atoms with Gasteiger partial charge in [0, 0.05) is 23.2 Å². The Labute approximate surface area is 113 Å². The second-order valence-corrected chi connectivity index (χ2v) is 6.15. The van der Waals surface area contributed by atoms with Gasteiger partial charge in [-0.3, -0.25) is 10.1 Å². The smallest absolute Gasteiger partial charge is 0.237 e. The van der Waals surface area contributed by atoms with Crippen LogP contribution in [0.3, 0.4) is 0 Å². The van der Waals surface area contributed by atoms with Gasteiger partial charge in [-0.25, -0.2) is 4.98 Å². The first kappa shape index (κ1) is 15.1. The highest BCUT2D eigenvalue weighted by Crippen LogP contribution is 2.09. The Morgan fingerprint density at radius 3 is 2.72 bits per heavy atom. The second kappa shape index (κ2) is 6.29. The molecule has 1 atom stereocenters. The molecule has 1 aromatic heterocycles. The minimum atomic E-state index is -0.208. The number of aryl methyl sites for hydroxylation is 1. The highest BCUT2D eigenvalue weighted by atomic mass is 32.1. The second-order valence-electron chi connectivity index (χ2n) is 5.21. The molecule has 0 saturated carbocycles. The molecule has 2 N–H and O–H groups in total. The maximum atomic E-state index is 12.0. The molecule has 18 heavy (non-hydrogen) atoms. The molecule has 0 aliphatic carbocycles. The molecule has 0 aromatic carbocycles. The zero-order chi connectivity index (χ0) is 13.8. The monoisotopic (exact) mass is 269 g/mol. The Bertz CT molecular complexity index is 401. The number of carbonyl (C=O) groups is 1. The molecule has 0 bridgehead atoms. The molecule has 5 heteroatoms. The van der Waals surface area contributed by atoms with Gasteiger partial charge >= 0.3 is 0 Å². The van der Waals surface area contributed by atoms with E-state index in [0.29, 0.717) is 6.54 Å². The minimum Gasteiger partial charge on any atom is -0.350 e. The fourth-order valence-electron chi connectivity index (χ4n) is 1.35. The first-order valence-electron chi connectivity index (χ1n) is 6.30. The zero-order valence-electron chi connectivity index (χ0n) is 11.8. The van der Waals surface area contributed by atoms with Crippen molar-refractivity contribution in [1.29, 1.82) is 0 Å². The van der Waals surface area contributed by atoms with Crippen LogP contribution in [0.1, 0.15) is 44.8 Å². The van der Waals surface area contributed by atoms with Gasteiger partial charge < -0.3 is 5.32 Å². The summed E-state index contributed by atoms with van der Waals surface area (Å²) in [5.74, 6) is 0.0372. The van der Waals surface area contributed by atoms with Crippen molar-refractivity contribution in [2.24, 2.45) is 0 Å². The highest BCUT2D eigenvalue weighted by molar-refractivity contribution is 7.09. The van der Waals surface area contributed by atoms with E-state index in [4.69, 9.17) is 0 Å². The Kier molecular flexibility index (Phi) is 5.28. The largest absolute Gasteiger partial charge is 0.350 e. The van der Waals surface area contributed by atoms with Crippen LogP contribution in [0.2, 0.25) is 0 Å². The molecule has 1 amide bonds. The van der Waals surface area contributed by atoms with E-state index in [1.165, 1.54) is 0 Å². The number of carbonyl (C=O) groups excluding carboxylic acids is 1. The number of hydrogen-bond acceptors (Lipinski definition) is 4. The van der Waals surface area contributed by atoms with Crippen LogP contribution < -0.4 is 10.6 Å². The van der Waals surface area contributed by atoms with Crippen LogP contribution in [0.25, 0.3) is 0 Å². The van der Waals surface area contributed by atoms with E-state index >= 15 is 0 Å². The highest BCUT2D eigenvalue weighted by Gasteiger charge is 2.21. The summed E-state index contributed by atoms with van der Waals surface area (Å²) in [5.41, 5.74) is 0.881. The summed E-state index contributed by atoms with van der Waals surface area (Å²) < 4.78 is 0. The van der Waals surface area contributed by atoms with Crippen molar-refractivity contribution in [2.75, 3.05) is 0 Å². The van der Waals surface area contributed by atoms with E-state index in [2.05, 4.69) is 22.5 Å². The fourth-order valence-corrected chi connectivity index (χ4v) is 2.07. The lowest BCUT2D eigenvalue weighted by Gasteiger charge is -2.26. The van der Waals surface area contributed by atoms with Crippen LogP contribution in [0.5, 0.6) is 0 Å². The average molecular weight is 269 g/mol. The van der Waals surface area contributed by atoms with Gasteiger partial charge in [0.1, 0.15) is 5.01 Å². The number of hydrogen-bond donors (Lipinski definition) is 2. The minimum absolute atomic E-state index is 0.0372. The Hall–Kier alpha value is -0.940. The van der Waals surface area contributed by atoms with Gasteiger partial charge in [-0.1, -0.05) is 6.92 Å². The average Bonchev–Trinajstić information content (AvgIpc) is 2.71. The molecule has 4 nitrogen and oxygen atoms in total. The summed E-state index contributed by atoms with van der Waals surface area (Å²) in [7, 11) is 0. The summed E-state index contributed by atoms with van der Waals surface area (Å²) in [5, 5.41) is 9.25. The summed E-state index contributed by atoms with van der Waals surface area (Å²) in [6, 6.07) is -0.208. The van der Waals surface area contributed by atoms with Gasteiger partial charge in [0.05, 0.1) is 6.04 Å². The van der Waals surface area contributed by atoms with Crippen molar-refractivity contribution in [2.45, 2.75) is 59.2 Å². The molecule has 0 spiro atoms. The number of nitrogens with zero attached hydrogens (tertiary/aromatic N) is 1. The van der Waals surface area contributed by atoms with E-state index in [1.54, 1.807) is 11.3 Å². The topological polar surface area (TPSA) is 54.0 Å². The predicted molar refractivity (Wildman–Crippen MR) is 75.7 cm³/mol. The standard InChI is InChI=1S/C13H23N3OS/c1-6-13(4,5)16-12(17)10(3)14-7-11-15-9(2)8-18-11/h8,10,14H,6-7H2,1-5H3,(H,16,17). The molecule has 0 radical (unpaired) electrons. The van der Waals surface area contributed by atoms with Crippen molar-refractivity contribution < 1.29 is 4.79 Å². The summed E-state index contributed by atoms with van der Waals surface area (Å²) in [6.07, 6.45) is 0.914. The fraction of sp³-hybridized carbons (Fsp3) is 0.692. The SMILES string of the molecule is CCC(C)(C)NC(=O)C(C)NCc1nc(C)cs1. The van der Waals surface area contributed by atoms with Crippen LogP contribution in [0.4, 0.5) is 0 Å².